The Kier molecular flexibility index (Phi) is 4.15. The predicted molar refractivity (Wildman–Crippen MR) is 99.2 cm³/mol. The predicted octanol–water partition coefficient (Wildman–Crippen LogP) is 4.50. The highest BCUT2D eigenvalue weighted by Gasteiger charge is 2.31. The molecule has 0 aliphatic carbocycles. The molecule has 3 nitrogen and oxygen atoms in total. The Bertz CT molecular complexity index is 711. The van der Waals surface area contributed by atoms with Crippen LogP contribution in [0.1, 0.15) is 18.2 Å². The molecule has 1 saturated heterocycles. The lowest BCUT2D eigenvalue weighted by Gasteiger charge is -2.46. The zero-order chi connectivity index (χ0) is 16.2. The molecule has 0 radical (unpaired) electrons. The number of rotatable bonds is 3. The molecule has 1 aliphatic rings. The van der Waals surface area contributed by atoms with E-state index in [1.165, 1.54) is 16.9 Å². The van der Waals surface area contributed by atoms with Gasteiger partial charge in [-0.15, -0.1) is 0 Å². The van der Waals surface area contributed by atoms with Gasteiger partial charge in [-0.25, -0.2) is 0 Å². The van der Waals surface area contributed by atoms with Crippen molar-refractivity contribution in [3.63, 3.8) is 0 Å². The van der Waals surface area contributed by atoms with Gasteiger partial charge in [0.15, 0.2) is 0 Å². The molecule has 3 aromatic rings. The van der Waals surface area contributed by atoms with E-state index in [0.717, 1.165) is 19.5 Å². The van der Waals surface area contributed by atoms with Crippen molar-refractivity contribution in [1.29, 1.82) is 0 Å². The summed E-state index contributed by atoms with van der Waals surface area (Å²) >= 11 is 0. The van der Waals surface area contributed by atoms with Crippen molar-refractivity contribution in [1.82, 2.24) is 4.98 Å². The number of benzene rings is 2. The number of pyridine rings is 1. The molecule has 2 aromatic carbocycles. The minimum atomic E-state index is 0.164. The summed E-state index contributed by atoms with van der Waals surface area (Å²) in [5.74, 6) is 0. The Morgan fingerprint density at radius 2 is 1.29 bits per heavy atom. The molecule has 0 spiro atoms. The summed E-state index contributed by atoms with van der Waals surface area (Å²) in [5, 5.41) is 0. The second kappa shape index (κ2) is 6.75. The molecule has 120 valence electrons. The average Bonchev–Trinajstić information content (AvgIpc) is 2.69. The van der Waals surface area contributed by atoms with Crippen LogP contribution in [0.25, 0.3) is 0 Å². The van der Waals surface area contributed by atoms with Gasteiger partial charge in [-0.3, -0.25) is 4.98 Å². The maximum absolute atomic E-state index is 4.36. The molecule has 1 fully saturated rings. The summed E-state index contributed by atoms with van der Waals surface area (Å²) in [6, 6.07) is 25.5. The van der Waals surface area contributed by atoms with Gasteiger partial charge in [-0.05, 0) is 36.8 Å². The van der Waals surface area contributed by atoms with Crippen LogP contribution in [0, 0.1) is 0 Å². The van der Waals surface area contributed by atoms with Crippen molar-refractivity contribution < 1.29 is 0 Å². The van der Waals surface area contributed by atoms with Crippen LogP contribution in [0.2, 0.25) is 0 Å². The van der Waals surface area contributed by atoms with E-state index in [-0.39, 0.29) is 6.17 Å². The second-order valence-corrected chi connectivity index (χ2v) is 6.07. The molecule has 0 saturated carbocycles. The zero-order valence-electron chi connectivity index (χ0n) is 13.6. The van der Waals surface area contributed by atoms with Gasteiger partial charge in [0.2, 0.25) is 0 Å². The first-order valence-corrected chi connectivity index (χ1v) is 8.47. The highest BCUT2D eigenvalue weighted by atomic mass is 15.4. The fourth-order valence-electron chi connectivity index (χ4n) is 3.49. The molecule has 0 amide bonds. The van der Waals surface area contributed by atoms with Gasteiger partial charge in [0.25, 0.3) is 0 Å². The van der Waals surface area contributed by atoms with Crippen molar-refractivity contribution in [2.24, 2.45) is 0 Å². The van der Waals surface area contributed by atoms with Crippen LogP contribution in [0.5, 0.6) is 0 Å². The maximum atomic E-state index is 4.36. The number of para-hydroxylation sites is 2. The van der Waals surface area contributed by atoms with E-state index in [1.54, 1.807) is 0 Å². The number of nitrogens with zero attached hydrogens (tertiary/aromatic N) is 3. The molecular weight excluding hydrogens is 294 g/mol. The number of hydrogen-bond acceptors (Lipinski definition) is 3. The largest absolute Gasteiger partial charge is 0.347 e. The molecule has 1 aromatic heterocycles. The van der Waals surface area contributed by atoms with E-state index >= 15 is 0 Å². The Balaban J connectivity index is 1.79. The lowest BCUT2D eigenvalue weighted by atomic mass is 10.1. The van der Waals surface area contributed by atoms with Crippen LogP contribution in [0.15, 0.2) is 85.2 Å². The van der Waals surface area contributed by atoms with Crippen molar-refractivity contribution in [3.05, 3.63) is 90.8 Å². The normalized spacial score (nSPS) is 15.5. The molecule has 0 N–H and O–H groups in total. The number of anilines is 2. The first-order valence-electron chi connectivity index (χ1n) is 8.47. The van der Waals surface area contributed by atoms with Crippen LogP contribution < -0.4 is 9.80 Å². The molecule has 0 atom stereocenters. The Labute approximate surface area is 143 Å². The van der Waals surface area contributed by atoms with Gasteiger partial charge in [0.05, 0.1) is 0 Å². The van der Waals surface area contributed by atoms with Gasteiger partial charge in [-0.2, -0.15) is 0 Å². The lowest BCUT2D eigenvalue weighted by Crippen LogP contribution is -2.48. The van der Waals surface area contributed by atoms with Crippen LogP contribution in [-0.2, 0) is 0 Å². The van der Waals surface area contributed by atoms with Crippen molar-refractivity contribution in [2.75, 3.05) is 22.9 Å². The van der Waals surface area contributed by atoms with Crippen LogP contribution >= 0.6 is 0 Å². The standard InChI is InChI=1S/C21H21N3/c1-3-10-19(11-4-1)23-15-8-16-24(20-12-5-2-6-13-20)21(23)18-9-7-14-22-17-18/h1-7,9-14,17,21H,8,15-16H2. The molecular formula is C21H21N3. The smallest absolute Gasteiger partial charge is 0.129 e. The topological polar surface area (TPSA) is 19.4 Å². The fraction of sp³-hybridized carbons (Fsp3) is 0.190. The Morgan fingerprint density at radius 1 is 0.708 bits per heavy atom. The molecule has 24 heavy (non-hydrogen) atoms. The Morgan fingerprint density at radius 3 is 1.79 bits per heavy atom. The molecule has 4 rings (SSSR count). The monoisotopic (exact) mass is 315 g/mol. The van der Waals surface area contributed by atoms with E-state index in [2.05, 4.69) is 81.5 Å². The number of aromatic nitrogens is 1. The van der Waals surface area contributed by atoms with Gasteiger partial charge in [-0.1, -0.05) is 42.5 Å². The van der Waals surface area contributed by atoms with Crippen LogP contribution in [0.4, 0.5) is 11.4 Å². The highest BCUT2D eigenvalue weighted by Crippen LogP contribution is 2.36. The third-order valence-electron chi connectivity index (χ3n) is 4.55. The van der Waals surface area contributed by atoms with E-state index < -0.39 is 0 Å². The van der Waals surface area contributed by atoms with E-state index in [4.69, 9.17) is 0 Å². The second-order valence-electron chi connectivity index (χ2n) is 6.07. The van der Waals surface area contributed by atoms with Crippen LogP contribution in [0.3, 0.4) is 0 Å². The first kappa shape index (κ1) is 14.8. The number of hydrogen-bond donors (Lipinski definition) is 0. The molecule has 3 heteroatoms. The summed E-state index contributed by atoms with van der Waals surface area (Å²) in [4.78, 5) is 9.32. The molecule has 1 aliphatic heterocycles. The van der Waals surface area contributed by atoms with E-state index in [9.17, 15) is 0 Å². The fourth-order valence-corrected chi connectivity index (χ4v) is 3.49. The summed E-state index contributed by atoms with van der Waals surface area (Å²) in [5.41, 5.74) is 3.74. The van der Waals surface area contributed by atoms with Crippen LogP contribution in [-0.4, -0.2) is 18.1 Å². The van der Waals surface area contributed by atoms with Gasteiger partial charge >= 0.3 is 0 Å². The summed E-state index contributed by atoms with van der Waals surface area (Å²) in [7, 11) is 0. The third-order valence-corrected chi connectivity index (χ3v) is 4.55. The molecule has 2 heterocycles. The van der Waals surface area contributed by atoms with Gasteiger partial charge in [0, 0.05) is 42.4 Å². The Hall–Kier alpha value is -2.81. The molecule has 0 unspecified atom stereocenters. The van der Waals surface area contributed by atoms with Gasteiger partial charge < -0.3 is 9.80 Å². The van der Waals surface area contributed by atoms with Crippen molar-refractivity contribution in [3.8, 4) is 0 Å². The maximum Gasteiger partial charge on any atom is 0.129 e. The summed E-state index contributed by atoms with van der Waals surface area (Å²) in [6.45, 7) is 2.10. The molecule has 0 bridgehead atoms. The summed E-state index contributed by atoms with van der Waals surface area (Å²) in [6.07, 6.45) is 5.13. The SMILES string of the molecule is c1ccc(N2CCCN(c3ccccc3)C2c2cccnc2)cc1. The zero-order valence-corrected chi connectivity index (χ0v) is 13.6. The van der Waals surface area contributed by atoms with Crippen molar-refractivity contribution >= 4 is 11.4 Å². The highest BCUT2D eigenvalue weighted by molar-refractivity contribution is 5.56. The quantitative estimate of drug-likeness (QED) is 0.709. The third kappa shape index (κ3) is 2.85. The van der Waals surface area contributed by atoms with E-state index in [0.29, 0.717) is 0 Å². The van der Waals surface area contributed by atoms with E-state index in [1.807, 2.05) is 18.5 Å². The summed E-state index contributed by atoms with van der Waals surface area (Å²) < 4.78 is 0. The van der Waals surface area contributed by atoms with Gasteiger partial charge in [0.1, 0.15) is 6.17 Å². The van der Waals surface area contributed by atoms with Crippen molar-refractivity contribution in [2.45, 2.75) is 12.6 Å². The minimum Gasteiger partial charge on any atom is -0.347 e. The minimum absolute atomic E-state index is 0.164. The lowest BCUT2D eigenvalue weighted by molar-refractivity contribution is 0.502. The first-order chi connectivity index (χ1) is 11.9. The average molecular weight is 315 g/mol.